The zero-order valence-corrected chi connectivity index (χ0v) is 12.4. The number of carbonyl (C=O) groups excluding carboxylic acids is 1. The van der Waals surface area contributed by atoms with Gasteiger partial charge in [-0.05, 0) is 32.0 Å². The third-order valence-corrected chi connectivity index (χ3v) is 3.73. The van der Waals surface area contributed by atoms with Crippen molar-refractivity contribution < 1.29 is 4.79 Å². The Labute approximate surface area is 115 Å². The number of ketones is 1. The summed E-state index contributed by atoms with van der Waals surface area (Å²) in [7, 11) is 2.07. The highest BCUT2D eigenvalue weighted by molar-refractivity contribution is 6.31. The van der Waals surface area contributed by atoms with Crippen molar-refractivity contribution >= 4 is 17.4 Å². The molecular weight excluding hydrogens is 246 g/mol. The fourth-order valence-electron chi connectivity index (χ4n) is 1.80. The molecule has 100 valence electrons. The van der Waals surface area contributed by atoms with Crippen molar-refractivity contribution in [1.29, 1.82) is 0 Å². The van der Waals surface area contributed by atoms with Gasteiger partial charge in [-0.25, -0.2) is 0 Å². The number of nitrogens with zero attached hydrogens (tertiary/aromatic N) is 1. The van der Waals surface area contributed by atoms with E-state index in [2.05, 4.69) is 32.7 Å². The highest BCUT2D eigenvalue weighted by atomic mass is 35.5. The molecule has 0 aliphatic carbocycles. The average molecular weight is 268 g/mol. The molecule has 0 bridgehead atoms. The Morgan fingerprint density at radius 1 is 1.33 bits per heavy atom. The average Bonchev–Trinajstić information content (AvgIpc) is 2.34. The Kier molecular flexibility index (Phi) is 5.83. The highest BCUT2D eigenvalue weighted by Crippen LogP contribution is 2.13. The van der Waals surface area contributed by atoms with Gasteiger partial charge in [0, 0.05) is 29.6 Å². The molecule has 1 aromatic carbocycles. The molecule has 2 nitrogen and oxygen atoms in total. The van der Waals surface area contributed by atoms with Crippen LogP contribution in [-0.2, 0) is 0 Å². The minimum absolute atomic E-state index is 0.153. The van der Waals surface area contributed by atoms with Gasteiger partial charge in [-0.2, -0.15) is 0 Å². The van der Waals surface area contributed by atoms with E-state index in [1.165, 1.54) is 0 Å². The highest BCUT2D eigenvalue weighted by Gasteiger charge is 2.14. The van der Waals surface area contributed by atoms with Gasteiger partial charge in [-0.15, -0.1) is 0 Å². The lowest BCUT2D eigenvalue weighted by molar-refractivity contribution is 0.0955. The van der Waals surface area contributed by atoms with Crippen molar-refractivity contribution in [2.24, 2.45) is 5.92 Å². The second kappa shape index (κ2) is 6.91. The minimum Gasteiger partial charge on any atom is -0.303 e. The van der Waals surface area contributed by atoms with E-state index < -0.39 is 0 Å². The van der Waals surface area contributed by atoms with Crippen LogP contribution in [0.4, 0.5) is 0 Å². The molecule has 1 unspecified atom stereocenters. The summed E-state index contributed by atoms with van der Waals surface area (Å²) in [5.41, 5.74) is 0.702. The largest absolute Gasteiger partial charge is 0.303 e. The summed E-state index contributed by atoms with van der Waals surface area (Å²) >= 11 is 5.88. The van der Waals surface area contributed by atoms with Gasteiger partial charge in [-0.3, -0.25) is 4.79 Å². The van der Waals surface area contributed by atoms with Crippen molar-refractivity contribution in [3.8, 4) is 0 Å². The quantitative estimate of drug-likeness (QED) is 0.729. The van der Waals surface area contributed by atoms with E-state index in [0.29, 0.717) is 29.0 Å². The molecule has 1 aromatic rings. The molecule has 0 heterocycles. The molecule has 0 radical (unpaired) electrons. The first-order valence-corrected chi connectivity index (χ1v) is 6.78. The maximum Gasteiger partial charge on any atom is 0.164 e. The zero-order chi connectivity index (χ0) is 13.7. The lowest BCUT2D eigenvalue weighted by Gasteiger charge is -2.27. The fourth-order valence-corrected chi connectivity index (χ4v) is 1.99. The standard InChI is InChI=1S/C15H22ClNO/c1-11(2)12(3)17(4)9-8-15(18)13-6-5-7-14(16)10-13/h5-7,10-12H,8-9H2,1-4H3. The summed E-state index contributed by atoms with van der Waals surface area (Å²) in [5.74, 6) is 0.747. The van der Waals surface area contributed by atoms with Crippen molar-refractivity contribution in [2.75, 3.05) is 13.6 Å². The molecule has 18 heavy (non-hydrogen) atoms. The molecule has 0 saturated carbocycles. The van der Waals surface area contributed by atoms with Crippen LogP contribution in [-0.4, -0.2) is 30.3 Å². The monoisotopic (exact) mass is 267 g/mol. The molecule has 0 fully saturated rings. The third-order valence-electron chi connectivity index (χ3n) is 3.50. The van der Waals surface area contributed by atoms with Crippen LogP contribution in [0.15, 0.2) is 24.3 Å². The molecule has 0 saturated heterocycles. The lowest BCUT2D eigenvalue weighted by atomic mass is 10.0. The van der Waals surface area contributed by atoms with Gasteiger partial charge in [0.2, 0.25) is 0 Å². The Bertz CT molecular complexity index is 403. The minimum atomic E-state index is 0.153. The van der Waals surface area contributed by atoms with Gasteiger partial charge in [0.1, 0.15) is 0 Å². The Balaban J connectivity index is 2.51. The van der Waals surface area contributed by atoms with Gasteiger partial charge >= 0.3 is 0 Å². The molecule has 0 aliphatic heterocycles. The molecule has 1 atom stereocenters. The smallest absolute Gasteiger partial charge is 0.164 e. The van der Waals surface area contributed by atoms with Gasteiger partial charge in [-0.1, -0.05) is 37.6 Å². The van der Waals surface area contributed by atoms with Crippen LogP contribution in [0.1, 0.15) is 37.6 Å². The Hall–Kier alpha value is -0.860. The van der Waals surface area contributed by atoms with E-state index in [-0.39, 0.29) is 5.78 Å². The SMILES string of the molecule is CC(C)C(C)N(C)CCC(=O)c1cccc(Cl)c1. The molecule has 1 rings (SSSR count). The van der Waals surface area contributed by atoms with E-state index in [4.69, 9.17) is 11.6 Å². The lowest BCUT2D eigenvalue weighted by Crippen LogP contribution is -2.34. The third kappa shape index (κ3) is 4.43. The zero-order valence-electron chi connectivity index (χ0n) is 11.6. The number of benzene rings is 1. The van der Waals surface area contributed by atoms with Crippen molar-refractivity contribution in [3.05, 3.63) is 34.9 Å². The molecular formula is C15H22ClNO. The van der Waals surface area contributed by atoms with Crippen molar-refractivity contribution in [3.63, 3.8) is 0 Å². The van der Waals surface area contributed by atoms with E-state index in [9.17, 15) is 4.79 Å². The summed E-state index contributed by atoms with van der Waals surface area (Å²) in [6.07, 6.45) is 0.536. The maximum atomic E-state index is 12.0. The van der Waals surface area contributed by atoms with Gasteiger partial charge < -0.3 is 4.90 Å². The van der Waals surface area contributed by atoms with Crippen LogP contribution >= 0.6 is 11.6 Å². The van der Waals surface area contributed by atoms with E-state index in [0.717, 1.165) is 6.54 Å². The number of carbonyl (C=O) groups is 1. The summed E-state index contributed by atoms with van der Waals surface area (Å²) in [5, 5.41) is 0.616. The fraction of sp³-hybridized carbons (Fsp3) is 0.533. The van der Waals surface area contributed by atoms with Gasteiger partial charge in [0.15, 0.2) is 5.78 Å². The van der Waals surface area contributed by atoms with Crippen LogP contribution in [0.25, 0.3) is 0 Å². The number of rotatable bonds is 6. The van der Waals surface area contributed by atoms with Crippen LogP contribution in [0.3, 0.4) is 0 Å². The van der Waals surface area contributed by atoms with Crippen LogP contribution in [0.5, 0.6) is 0 Å². The summed E-state index contributed by atoms with van der Waals surface area (Å²) in [6, 6.07) is 7.63. The number of hydrogen-bond acceptors (Lipinski definition) is 2. The topological polar surface area (TPSA) is 20.3 Å². The summed E-state index contributed by atoms with van der Waals surface area (Å²) < 4.78 is 0. The van der Waals surface area contributed by atoms with Crippen molar-refractivity contribution in [2.45, 2.75) is 33.2 Å². The van der Waals surface area contributed by atoms with Crippen LogP contribution in [0.2, 0.25) is 5.02 Å². The van der Waals surface area contributed by atoms with Crippen LogP contribution < -0.4 is 0 Å². The first kappa shape index (κ1) is 15.2. The Morgan fingerprint density at radius 2 is 2.00 bits per heavy atom. The second-order valence-electron chi connectivity index (χ2n) is 5.15. The van der Waals surface area contributed by atoms with E-state index in [1.807, 2.05) is 12.1 Å². The predicted molar refractivity (Wildman–Crippen MR) is 77.3 cm³/mol. The number of halogens is 1. The summed E-state index contributed by atoms with van der Waals surface area (Å²) in [4.78, 5) is 14.2. The molecule has 3 heteroatoms. The molecule has 0 amide bonds. The van der Waals surface area contributed by atoms with Gasteiger partial charge in [0.25, 0.3) is 0 Å². The van der Waals surface area contributed by atoms with Crippen molar-refractivity contribution in [1.82, 2.24) is 4.90 Å². The summed E-state index contributed by atoms with van der Waals surface area (Å²) in [6.45, 7) is 7.36. The molecule has 0 aliphatic rings. The molecule has 0 N–H and O–H groups in total. The van der Waals surface area contributed by atoms with Crippen LogP contribution in [0, 0.1) is 5.92 Å². The predicted octanol–water partition coefficient (Wildman–Crippen LogP) is 3.89. The van der Waals surface area contributed by atoms with E-state index >= 15 is 0 Å². The normalized spacial score (nSPS) is 13.1. The molecule has 0 aromatic heterocycles. The molecule has 0 spiro atoms. The first-order chi connectivity index (χ1) is 8.41. The Morgan fingerprint density at radius 3 is 2.56 bits per heavy atom. The second-order valence-corrected chi connectivity index (χ2v) is 5.59. The maximum absolute atomic E-state index is 12.0. The number of hydrogen-bond donors (Lipinski definition) is 0. The van der Waals surface area contributed by atoms with Gasteiger partial charge in [0.05, 0.1) is 0 Å². The van der Waals surface area contributed by atoms with E-state index in [1.54, 1.807) is 12.1 Å². The number of Topliss-reactive ketones (excluding diaryl/α,β-unsaturated/α-hetero) is 1. The first-order valence-electron chi connectivity index (χ1n) is 6.41.